The molecule has 0 aliphatic carbocycles. The van der Waals surface area contributed by atoms with Crippen molar-refractivity contribution in [3.05, 3.63) is 57.2 Å². The first kappa shape index (κ1) is 18.7. The minimum absolute atomic E-state index is 0.0210. The van der Waals surface area contributed by atoms with Crippen molar-refractivity contribution in [1.82, 2.24) is 10.6 Å². The number of aliphatic hydroxyl groups is 1. The van der Waals surface area contributed by atoms with Crippen LogP contribution >= 0.6 is 22.9 Å². The first-order chi connectivity index (χ1) is 12.1. The molecule has 26 heavy (non-hydrogen) atoms. The van der Waals surface area contributed by atoms with Crippen LogP contribution in [0, 0.1) is 5.92 Å². The lowest BCUT2D eigenvalue weighted by Gasteiger charge is -2.45. The molecule has 2 aromatic rings. The highest BCUT2D eigenvalue weighted by atomic mass is 35.5. The Hall–Kier alpha value is -2.10. The predicted octanol–water partition coefficient (Wildman–Crippen LogP) is 3.51. The molecule has 1 aliphatic rings. The Kier molecular flexibility index (Phi) is 4.72. The fourth-order valence-corrected chi connectivity index (χ4v) is 3.85. The summed E-state index contributed by atoms with van der Waals surface area (Å²) < 4.78 is 41.0. The third-order valence-electron chi connectivity index (χ3n) is 4.09. The monoisotopic (exact) mass is 404 g/mol. The number of thiophene rings is 1. The van der Waals surface area contributed by atoms with Gasteiger partial charge in [-0.05, 0) is 23.1 Å². The van der Waals surface area contributed by atoms with Crippen LogP contribution in [0.25, 0.3) is 0 Å². The minimum atomic E-state index is -5.29. The van der Waals surface area contributed by atoms with Crippen LogP contribution in [0.2, 0.25) is 5.02 Å². The van der Waals surface area contributed by atoms with E-state index in [1.807, 2.05) is 0 Å². The second kappa shape index (κ2) is 6.57. The van der Waals surface area contributed by atoms with E-state index in [1.54, 1.807) is 6.07 Å². The SMILES string of the molecule is O=C1N[C@H](c2ccccc2Cl)[C@H](C(=O)c2cccs2)[C@@](O)(C(F)(F)F)N1. The number of alkyl halides is 3. The number of carbonyl (C=O) groups is 2. The highest BCUT2D eigenvalue weighted by Gasteiger charge is 2.66. The first-order valence-electron chi connectivity index (χ1n) is 7.35. The first-order valence-corrected chi connectivity index (χ1v) is 8.61. The van der Waals surface area contributed by atoms with E-state index in [0.717, 1.165) is 11.3 Å². The highest BCUT2D eigenvalue weighted by molar-refractivity contribution is 7.12. The molecule has 0 unspecified atom stereocenters. The molecule has 0 radical (unpaired) electrons. The van der Waals surface area contributed by atoms with E-state index in [2.05, 4.69) is 5.32 Å². The minimum Gasteiger partial charge on any atom is -0.363 e. The van der Waals surface area contributed by atoms with Crippen molar-refractivity contribution in [3.8, 4) is 0 Å². The molecule has 0 bridgehead atoms. The van der Waals surface area contributed by atoms with Crippen molar-refractivity contribution in [1.29, 1.82) is 0 Å². The molecule has 3 rings (SSSR count). The molecule has 5 nitrogen and oxygen atoms in total. The van der Waals surface area contributed by atoms with Gasteiger partial charge in [0.1, 0.15) is 5.92 Å². The Bertz CT molecular complexity index is 844. The summed E-state index contributed by atoms with van der Waals surface area (Å²) in [6.07, 6.45) is -5.29. The lowest BCUT2D eigenvalue weighted by molar-refractivity contribution is -0.287. The molecule has 138 valence electrons. The smallest absolute Gasteiger partial charge is 0.363 e. The molecule has 0 saturated carbocycles. The van der Waals surface area contributed by atoms with Crippen LogP contribution in [-0.2, 0) is 0 Å². The van der Waals surface area contributed by atoms with E-state index in [-0.39, 0.29) is 15.5 Å². The van der Waals surface area contributed by atoms with Crippen molar-refractivity contribution in [3.63, 3.8) is 0 Å². The Labute approximate surface area is 154 Å². The van der Waals surface area contributed by atoms with E-state index in [4.69, 9.17) is 11.6 Å². The molecule has 2 amide bonds. The summed E-state index contributed by atoms with van der Waals surface area (Å²) in [4.78, 5) is 24.7. The maximum atomic E-state index is 13.7. The van der Waals surface area contributed by atoms with Crippen LogP contribution in [0.4, 0.5) is 18.0 Å². The second-order valence-corrected chi connectivity index (χ2v) is 7.04. The topological polar surface area (TPSA) is 78.4 Å². The van der Waals surface area contributed by atoms with Crippen molar-refractivity contribution in [2.45, 2.75) is 17.9 Å². The average molecular weight is 405 g/mol. The van der Waals surface area contributed by atoms with Gasteiger partial charge in [-0.2, -0.15) is 13.2 Å². The molecule has 0 spiro atoms. The van der Waals surface area contributed by atoms with Crippen molar-refractivity contribution in [2.24, 2.45) is 5.92 Å². The van der Waals surface area contributed by atoms with Gasteiger partial charge in [0, 0.05) is 5.02 Å². The number of ketones is 1. The van der Waals surface area contributed by atoms with Crippen LogP contribution in [0.15, 0.2) is 41.8 Å². The van der Waals surface area contributed by atoms with E-state index < -0.39 is 35.7 Å². The number of carbonyl (C=O) groups excluding carboxylic acids is 2. The number of rotatable bonds is 3. The molecule has 1 saturated heterocycles. The third kappa shape index (κ3) is 3.06. The molecule has 2 heterocycles. The number of hydrogen-bond acceptors (Lipinski definition) is 4. The number of hydrogen-bond donors (Lipinski definition) is 3. The molecule has 10 heteroatoms. The van der Waals surface area contributed by atoms with Crippen LogP contribution in [0.5, 0.6) is 0 Å². The number of amides is 2. The Balaban J connectivity index is 2.18. The quantitative estimate of drug-likeness (QED) is 0.685. The van der Waals surface area contributed by atoms with Gasteiger partial charge in [-0.25, -0.2) is 4.79 Å². The summed E-state index contributed by atoms with van der Waals surface area (Å²) in [5.74, 6) is -3.03. The van der Waals surface area contributed by atoms with Gasteiger partial charge in [-0.1, -0.05) is 35.9 Å². The maximum Gasteiger partial charge on any atom is 0.437 e. The van der Waals surface area contributed by atoms with Gasteiger partial charge in [-0.3, -0.25) is 4.79 Å². The zero-order valence-corrected chi connectivity index (χ0v) is 14.5. The summed E-state index contributed by atoms with van der Waals surface area (Å²) in [7, 11) is 0. The normalized spacial score (nSPS) is 26.1. The Morgan fingerprint density at radius 1 is 1.23 bits per heavy atom. The number of halogens is 4. The lowest BCUT2D eigenvalue weighted by Crippen LogP contribution is -2.72. The second-order valence-electron chi connectivity index (χ2n) is 5.68. The molecule has 1 aliphatic heterocycles. The highest BCUT2D eigenvalue weighted by Crippen LogP contribution is 2.45. The zero-order chi connectivity index (χ0) is 19.1. The summed E-state index contributed by atoms with van der Waals surface area (Å²) in [6.45, 7) is 0. The van der Waals surface area contributed by atoms with Gasteiger partial charge in [0.05, 0.1) is 10.9 Å². The molecule has 1 fully saturated rings. The van der Waals surface area contributed by atoms with Crippen molar-refractivity contribution in [2.75, 3.05) is 0 Å². The van der Waals surface area contributed by atoms with Crippen LogP contribution in [-0.4, -0.2) is 28.8 Å². The van der Waals surface area contributed by atoms with E-state index in [0.29, 0.717) is 0 Å². The van der Waals surface area contributed by atoms with E-state index in [1.165, 1.54) is 41.0 Å². The molecule has 3 N–H and O–H groups in total. The van der Waals surface area contributed by atoms with Gasteiger partial charge < -0.3 is 15.7 Å². The third-order valence-corrected chi connectivity index (χ3v) is 5.32. The van der Waals surface area contributed by atoms with Crippen molar-refractivity contribution >= 4 is 34.8 Å². The van der Waals surface area contributed by atoms with Crippen molar-refractivity contribution < 1.29 is 27.9 Å². The van der Waals surface area contributed by atoms with Gasteiger partial charge in [0.25, 0.3) is 0 Å². The van der Waals surface area contributed by atoms with Gasteiger partial charge >= 0.3 is 12.2 Å². The van der Waals surface area contributed by atoms with E-state index in [9.17, 15) is 27.9 Å². The lowest BCUT2D eigenvalue weighted by atomic mass is 9.78. The van der Waals surface area contributed by atoms with E-state index >= 15 is 0 Å². The van der Waals surface area contributed by atoms with Crippen LogP contribution in [0.3, 0.4) is 0 Å². The molecular weight excluding hydrogens is 393 g/mol. The summed E-state index contributed by atoms with van der Waals surface area (Å²) in [5.41, 5.74) is -3.65. The number of nitrogens with one attached hydrogen (secondary N) is 2. The van der Waals surface area contributed by atoms with Gasteiger partial charge in [0.15, 0.2) is 5.78 Å². The molecular formula is C16H12ClF3N2O3S. The zero-order valence-electron chi connectivity index (χ0n) is 12.9. The fraction of sp³-hybridized carbons (Fsp3) is 0.250. The van der Waals surface area contributed by atoms with Gasteiger partial charge in [0.2, 0.25) is 5.72 Å². The number of Topliss-reactive ketones (excluding diaryl/α,β-unsaturated/α-hetero) is 1. The predicted molar refractivity (Wildman–Crippen MR) is 89.0 cm³/mol. The maximum absolute atomic E-state index is 13.7. The number of urea groups is 1. The van der Waals surface area contributed by atoms with Crippen LogP contribution < -0.4 is 10.6 Å². The fourth-order valence-electron chi connectivity index (χ4n) is 2.90. The number of benzene rings is 1. The standard InChI is InChI=1S/C16H12ClF3N2O3S/c17-9-5-2-1-4-8(9)12-11(13(23)10-6-3-7-26-10)15(25,16(18,19)20)22-14(24)21-12/h1-7,11-12,25H,(H2,21,22,24)/t11-,12-,15-/m1/s1. The Morgan fingerprint density at radius 3 is 2.50 bits per heavy atom. The summed E-state index contributed by atoms with van der Waals surface area (Å²) in [6, 6.07) is 6.00. The molecule has 3 atom stereocenters. The average Bonchev–Trinajstić information content (AvgIpc) is 3.07. The largest absolute Gasteiger partial charge is 0.437 e. The van der Waals surface area contributed by atoms with Gasteiger partial charge in [-0.15, -0.1) is 11.3 Å². The Morgan fingerprint density at radius 2 is 1.92 bits per heavy atom. The van der Waals surface area contributed by atoms with Crippen LogP contribution in [0.1, 0.15) is 21.3 Å². The summed E-state index contributed by atoms with van der Waals surface area (Å²) in [5, 5.41) is 15.7. The molecule has 1 aromatic heterocycles. The summed E-state index contributed by atoms with van der Waals surface area (Å²) >= 11 is 7.00. The molecule has 1 aromatic carbocycles.